The Morgan fingerprint density at radius 3 is 1.55 bits per heavy atom. The Labute approximate surface area is 132 Å². The normalized spacial score (nSPS) is 11.5. The minimum atomic E-state index is -0.121. The second-order valence-electron chi connectivity index (χ2n) is 6.07. The lowest BCUT2D eigenvalue weighted by Gasteiger charge is -2.24. The molecule has 0 spiro atoms. The topological polar surface area (TPSA) is 0 Å². The highest BCUT2D eigenvalue weighted by molar-refractivity contribution is 6.24. The van der Waals surface area contributed by atoms with Crippen LogP contribution >= 0.6 is 11.6 Å². The van der Waals surface area contributed by atoms with Gasteiger partial charge in [0.1, 0.15) is 0 Å². The van der Waals surface area contributed by atoms with Crippen LogP contribution in [-0.2, 0) is 0 Å². The first-order valence-corrected chi connectivity index (χ1v) is 8.97. The lowest BCUT2D eigenvalue weighted by molar-refractivity contribution is 0.485. The molecule has 0 atom stereocenters. The first kappa shape index (κ1) is 19.8. The molecule has 0 bridgehead atoms. The highest BCUT2D eigenvalue weighted by Gasteiger charge is 2.23. The number of allylic oxidation sites excluding steroid dienone is 2. The van der Waals surface area contributed by atoms with Gasteiger partial charge >= 0.3 is 0 Å². The molecule has 0 heterocycles. The van der Waals surface area contributed by atoms with Gasteiger partial charge in [-0.1, -0.05) is 83.3 Å². The van der Waals surface area contributed by atoms with Crippen molar-refractivity contribution < 1.29 is 0 Å². The Hall–Kier alpha value is -0.230. The zero-order chi connectivity index (χ0) is 15.1. The molecule has 0 aliphatic heterocycles. The molecule has 0 aromatic carbocycles. The lowest BCUT2D eigenvalue weighted by Crippen LogP contribution is -2.19. The highest BCUT2D eigenvalue weighted by Crippen LogP contribution is 2.31. The maximum atomic E-state index is 6.61. The summed E-state index contributed by atoms with van der Waals surface area (Å²) in [4.78, 5) is -0.121. The van der Waals surface area contributed by atoms with E-state index in [4.69, 9.17) is 11.6 Å². The minimum absolute atomic E-state index is 0.121. The van der Waals surface area contributed by atoms with Gasteiger partial charge in [0, 0.05) is 0 Å². The maximum absolute atomic E-state index is 6.61. The molecule has 0 aliphatic rings. The molecule has 0 saturated heterocycles. The third-order valence-electron chi connectivity index (χ3n) is 4.00. The van der Waals surface area contributed by atoms with Crippen LogP contribution in [0.25, 0.3) is 0 Å². The SMILES string of the molecule is C=CCC(Cl)(CC=C)CCCCCCCCCCCC. The quantitative estimate of drug-likeness (QED) is 0.167. The van der Waals surface area contributed by atoms with Crippen LogP contribution in [0.3, 0.4) is 0 Å². The third-order valence-corrected chi connectivity index (χ3v) is 4.50. The molecule has 0 rings (SSSR count). The van der Waals surface area contributed by atoms with E-state index in [9.17, 15) is 0 Å². The second kappa shape index (κ2) is 13.7. The van der Waals surface area contributed by atoms with E-state index in [0.29, 0.717) is 0 Å². The van der Waals surface area contributed by atoms with Crippen molar-refractivity contribution in [3.8, 4) is 0 Å². The van der Waals surface area contributed by atoms with Gasteiger partial charge in [-0.3, -0.25) is 0 Å². The smallest absolute Gasteiger partial charge is 0.0515 e. The number of alkyl halides is 1. The van der Waals surface area contributed by atoms with Gasteiger partial charge in [-0.15, -0.1) is 24.8 Å². The summed E-state index contributed by atoms with van der Waals surface area (Å²) >= 11 is 6.61. The summed E-state index contributed by atoms with van der Waals surface area (Å²) in [6.07, 6.45) is 20.5. The molecule has 0 unspecified atom stereocenters. The van der Waals surface area contributed by atoms with Gasteiger partial charge < -0.3 is 0 Å². The molecule has 0 amide bonds. The summed E-state index contributed by atoms with van der Waals surface area (Å²) in [5.41, 5.74) is 0. The van der Waals surface area contributed by atoms with Crippen LogP contribution in [0.15, 0.2) is 25.3 Å². The van der Waals surface area contributed by atoms with Gasteiger partial charge in [-0.25, -0.2) is 0 Å². The molecular weight excluding hydrogens is 264 g/mol. The van der Waals surface area contributed by atoms with E-state index < -0.39 is 0 Å². The first-order valence-electron chi connectivity index (χ1n) is 8.59. The van der Waals surface area contributed by atoms with Crippen LogP contribution in [-0.4, -0.2) is 4.87 Å². The van der Waals surface area contributed by atoms with Gasteiger partial charge in [0.05, 0.1) is 4.87 Å². The van der Waals surface area contributed by atoms with Gasteiger partial charge in [-0.05, 0) is 19.3 Å². The third kappa shape index (κ3) is 11.6. The fourth-order valence-electron chi connectivity index (χ4n) is 2.73. The zero-order valence-corrected chi connectivity index (χ0v) is 14.4. The van der Waals surface area contributed by atoms with E-state index in [1.54, 1.807) is 0 Å². The van der Waals surface area contributed by atoms with Crippen molar-refractivity contribution in [1.82, 2.24) is 0 Å². The standard InChI is InChI=1S/C19H35Cl/c1-4-7-8-9-10-11-12-13-14-15-18-19(20,16-5-2)17-6-3/h5-6H,2-4,7-18H2,1H3. The average Bonchev–Trinajstić information content (AvgIpc) is 2.41. The van der Waals surface area contributed by atoms with Crippen LogP contribution in [0.2, 0.25) is 0 Å². The van der Waals surface area contributed by atoms with Crippen molar-refractivity contribution in [1.29, 1.82) is 0 Å². The Morgan fingerprint density at radius 1 is 0.750 bits per heavy atom. The maximum Gasteiger partial charge on any atom is 0.0515 e. The summed E-state index contributed by atoms with van der Waals surface area (Å²) in [6, 6.07) is 0. The molecular formula is C19H35Cl. The average molecular weight is 299 g/mol. The van der Waals surface area contributed by atoms with Crippen LogP contribution in [0, 0.1) is 0 Å². The monoisotopic (exact) mass is 298 g/mol. The van der Waals surface area contributed by atoms with Crippen LogP contribution in [0.1, 0.15) is 90.4 Å². The van der Waals surface area contributed by atoms with Gasteiger partial charge in [0.2, 0.25) is 0 Å². The van der Waals surface area contributed by atoms with E-state index >= 15 is 0 Å². The molecule has 0 nitrogen and oxygen atoms in total. The second-order valence-corrected chi connectivity index (χ2v) is 6.87. The highest BCUT2D eigenvalue weighted by atomic mass is 35.5. The Morgan fingerprint density at radius 2 is 1.15 bits per heavy atom. The summed E-state index contributed by atoms with van der Waals surface area (Å²) in [6.45, 7) is 9.89. The first-order chi connectivity index (χ1) is 9.68. The fraction of sp³-hybridized carbons (Fsp3) is 0.789. The van der Waals surface area contributed by atoms with Crippen molar-refractivity contribution in [2.75, 3.05) is 0 Å². The number of unbranched alkanes of at least 4 members (excludes halogenated alkanes) is 9. The van der Waals surface area contributed by atoms with E-state index in [0.717, 1.165) is 19.3 Å². The molecule has 0 aromatic rings. The number of hydrogen-bond donors (Lipinski definition) is 0. The molecule has 20 heavy (non-hydrogen) atoms. The lowest BCUT2D eigenvalue weighted by atomic mass is 9.93. The molecule has 118 valence electrons. The predicted octanol–water partition coefficient (Wildman–Crippen LogP) is 7.43. The number of hydrogen-bond acceptors (Lipinski definition) is 0. The van der Waals surface area contributed by atoms with E-state index in [-0.39, 0.29) is 4.87 Å². The van der Waals surface area contributed by atoms with Crippen molar-refractivity contribution in [2.24, 2.45) is 0 Å². The Kier molecular flexibility index (Phi) is 13.6. The molecule has 1 heteroatoms. The predicted molar refractivity (Wildman–Crippen MR) is 94.7 cm³/mol. The number of rotatable bonds is 15. The molecule has 0 radical (unpaired) electrons. The van der Waals surface area contributed by atoms with Crippen molar-refractivity contribution in [2.45, 2.75) is 95.3 Å². The summed E-state index contributed by atoms with van der Waals surface area (Å²) in [7, 11) is 0. The van der Waals surface area contributed by atoms with Gasteiger partial charge in [0.15, 0.2) is 0 Å². The van der Waals surface area contributed by atoms with Crippen LogP contribution in [0.4, 0.5) is 0 Å². The van der Waals surface area contributed by atoms with Gasteiger partial charge in [0.25, 0.3) is 0 Å². The van der Waals surface area contributed by atoms with E-state index in [1.807, 2.05) is 12.2 Å². The van der Waals surface area contributed by atoms with Gasteiger partial charge in [-0.2, -0.15) is 0 Å². The van der Waals surface area contributed by atoms with Crippen molar-refractivity contribution in [3.05, 3.63) is 25.3 Å². The van der Waals surface area contributed by atoms with E-state index in [1.165, 1.54) is 64.2 Å². The molecule has 0 aromatic heterocycles. The molecule has 0 fully saturated rings. The summed E-state index contributed by atoms with van der Waals surface area (Å²) < 4.78 is 0. The Bertz CT molecular complexity index is 222. The number of halogens is 1. The molecule has 0 saturated carbocycles. The van der Waals surface area contributed by atoms with Crippen molar-refractivity contribution in [3.63, 3.8) is 0 Å². The van der Waals surface area contributed by atoms with Crippen LogP contribution in [0.5, 0.6) is 0 Å². The van der Waals surface area contributed by atoms with Crippen molar-refractivity contribution >= 4 is 11.6 Å². The molecule has 0 N–H and O–H groups in total. The zero-order valence-electron chi connectivity index (χ0n) is 13.6. The molecule has 0 aliphatic carbocycles. The summed E-state index contributed by atoms with van der Waals surface area (Å²) in [5.74, 6) is 0. The largest absolute Gasteiger partial charge is 0.119 e. The van der Waals surface area contributed by atoms with E-state index in [2.05, 4.69) is 20.1 Å². The van der Waals surface area contributed by atoms with Crippen LogP contribution < -0.4 is 0 Å². The fourth-order valence-corrected chi connectivity index (χ4v) is 3.09. The minimum Gasteiger partial charge on any atom is -0.119 e. The Balaban J connectivity index is 3.45. The summed E-state index contributed by atoms with van der Waals surface area (Å²) in [5, 5.41) is 0.